The highest BCUT2D eigenvalue weighted by atomic mass is 16.5. The summed E-state index contributed by atoms with van der Waals surface area (Å²) in [7, 11) is 1.53. The van der Waals surface area contributed by atoms with Crippen LogP contribution < -0.4 is 20.2 Å². The number of ether oxygens (including phenoxy) is 2. The molecule has 4 aromatic rings. The standard InChI is InChI=1S/C27H23N3O4/c1-33-25-16-21-8-6-5-7-20(21)15-24(25)27(32)30-28-17-19-11-13-23(14-12-19)34-18-26(31)29-22-9-3-2-4-10-22/h2-17H,18H2,1H3,(H,29,31)(H,30,32)/b28-17-. The Morgan fingerprint density at radius 1 is 0.882 bits per heavy atom. The van der Waals surface area contributed by atoms with Crippen molar-refractivity contribution in [3.63, 3.8) is 0 Å². The fourth-order valence-corrected chi connectivity index (χ4v) is 3.31. The van der Waals surface area contributed by atoms with E-state index in [9.17, 15) is 9.59 Å². The van der Waals surface area contributed by atoms with Crippen LogP contribution in [-0.2, 0) is 4.79 Å². The molecule has 34 heavy (non-hydrogen) atoms. The minimum atomic E-state index is -0.372. The third kappa shape index (κ3) is 5.77. The summed E-state index contributed by atoms with van der Waals surface area (Å²) in [5.41, 5.74) is 4.40. The lowest BCUT2D eigenvalue weighted by atomic mass is 10.1. The van der Waals surface area contributed by atoms with E-state index in [1.165, 1.54) is 13.3 Å². The first-order valence-corrected chi connectivity index (χ1v) is 10.6. The van der Waals surface area contributed by atoms with Crippen molar-refractivity contribution in [1.82, 2.24) is 5.43 Å². The first-order valence-electron chi connectivity index (χ1n) is 10.6. The second-order valence-electron chi connectivity index (χ2n) is 7.37. The van der Waals surface area contributed by atoms with E-state index in [1.807, 2.05) is 48.5 Å². The summed E-state index contributed by atoms with van der Waals surface area (Å²) in [5.74, 6) is 0.404. The van der Waals surface area contributed by atoms with Gasteiger partial charge in [0.15, 0.2) is 6.61 Å². The zero-order valence-corrected chi connectivity index (χ0v) is 18.5. The maximum Gasteiger partial charge on any atom is 0.275 e. The molecule has 0 aliphatic carbocycles. The van der Waals surface area contributed by atoms with Crippen molar-refractivity contribution in [3.8, 4) is 11.5 Å². The lowest BCUT2D eigenvalue weighted by Crippen LogP contribution is -2.20. The number of para-hydroxylation sites is 1. The highest BCUT2D eigenvalue weighted by molar-refractivity contribution is 6.02. The van der Waals surface area contributed by atoms with Gasteiger partial charge in [-0.05, 0) is 64.9 Å². The molecule has 7 heteroatoms. The normalized spacial score (nSPS) is 10.7. The Bertz CT molecular complexity index is 1320. The highest BCUT2D eigenvalue weighted by Crippen LogP contribution is 2.25. The van der Waals surface area contributed by atoms with Gasteiger partial charge in [0, 0.05) is 5.69 Å². The molecule has 7 nitrogen and oxygen atoms in total. The van der Waals surface area contributed by atoms with Gasteiger partial charge in [-0.3, -0.25) is 9.59 Å². The van der Waals surface area contributed by atoms with E-state index in [0.717, 1.165) is 16.3 Å². The van der Waals surface area contributed by atoms with E-state index in [2.05, 4.69) is 15.8 Å². The summed E-state index contributed by atoms with van der Waals surface area (Å²) < 4.78 is 10.9. The lowest BCUT2D eigenvalue weighted by Gasteiger charge is -2.09. The first kappa shape index (κ1) is 22.5. The Morgan fingerprint density at radius 3 is 2.26 bits per heavy atom. The number of carbonyl (C=O) groups excluding carboxylic acids is 2. The molecule has 0 aromatic heterocycles. The lowest BCUT2D eigenvalue weighted by molar-refractivity contribution is -0.118. The molecule has 2 N–H and O–H groups in total. The van der Waals surface area contributed by atoms with Gasteiger partial charge in [-0.15, -0.1) is 0 Å². The van der Waals surface area contributed by atoms with Gasteiger partial charge in [-0.1, -0.05) is 42.5 Å². The van der Waals surface area contributed by atoms with E-state index in [0.29, 0.717) is 22.7 Å². The van der Waals surface area contributed by atoms with Crippen molar-refractivity contribution < 1.29 is 19.1 Å². The largest absolute Gasteiger partial charge is 0.496 e. The van der Waals surface area contributed by atoms with Crippen LogP contribution in [0.3, 0.4) is 0 Å². The van der Waals surface area contributed by atoms with Gasteiger partial charge in [0.25, 0.3) is 11.8 Å². The van der Waals surface area contributed by atoms with Gasteiger partial charge in [-0.25, -0.2) is 5.43 Å². The first-order chi connectivity index (χ1) is 16.6. The van der Waals surface area contributed by atoms with Crippen LogP contribution >= 0.6 is 0 Å². The summed E-state index contributed by atoms with van der Waals surface area (Å²) in [5, 5.41) is 8.72. The minimum Gasteiger partial charge on any atom is -0.496 e. The second-order valence-corrected chi connectivity index (χ2v) is 7.37. The fourth-order valence-electron chi connectivity index (χ4n) is 3.31. The van der Waals surface area contributed by atoms with E-state index < -0.39 is 0 Å². The van der Waals surface area contributed by atoms with Crippen molar-refractivity contribution in [3.05, 3.63) is 102 Å². The molecule has 0 spiro atoms. The Balaban J connectivity index is 1.31. The topological polar surface area (TPSA) is 89.0 Å². The number of methoxy groups -OCH3 is 1. The van der Waals surface area contributed by atoms with Crippen molar-refractivity contribution in [2.45, 2.75) is 0 Å². The fraction of sp³-hybridized carbons (Fsp3) is 0.0741. The number of hydrogen-bond donors (Lipinski definition) is 2. The molecular formula is C27H23N3O4. The quantitative estimate of drug-likeness (QED) is 0.301. The zero-order valence-electron chi connectivity index (χ0n) is 18.5. The third-order valence-electron chi connectivity index (χ3n) is 5.00. The summed E-state index contributed by atoms with van der Waals surface area (Å²) >= 11 is 0. The van der Waals surface area contributed by atoms with E-state index in [-0.39, 0.29) is 18.4 Å². The number of nitrogens with zero attached hydrogens (tertiary/aromatic N) is 1. The Hall–Kier alpha value is -4.65. The van der Waals surface area contributed by atoms with Crippen LogP contribution in [0.15, 0.2) is 96.1 Å². The highest BCUT2D eigenvalue weighted by Gasteiger charge is 2.13. The number of hydrazone groups is 1. The molecule has 4 rings (SSSR count). The van der Waals surface area contributed by atoms with Crippen LogP contribution in [0, 0.1) is 0 Å². The average molecular weight is 453 g/mol. The number of fused-ring (bicyclic) bond motifs is 1. The molecule has 0 fully saturated rings. The molecule has 0 saturated carbocycles. The predicted molar refractivity (Wildman–Crippen MR) is 133 cm³/mol. The number of nitrogens with one attached hydrogen (secondary N) is 2. The second kappa shape index (κ2) is 10.8. The molecule has 170 valence electrons. The average Bonchev–Trinajstić information content (AvgIpc) is 2.88. The summed E-state index contributed by atoms with van der Waals surface area (Å²) in [6.45, 7) is -0.105. The van der Waals surface area contributed by atoms with Gasteiger partial charge >= 0.3 is 0 Å². The predicted octanol–water partition coefficient (Wildman–Crippen LogP) is 4.63. The van der Waals surface area contributed by atoms with Crippen molar-refractivity contribution in [2.75, 3.05) is 19.0 Å². The van der Waals surface area contributed by atoms with Gasteiger partial charge in [0.1, 0.15) is 11.5 Å². The summed E-state index contributed by atoms with van der Waals surface area (Å²) in [6, 6.07) is 27.5. The van der Waals surface area contributed by atoms with Crippen LogP contribution in [0.25, 0.3) is 10.8 Å². The SMILES string of the molecule is COc1cc2ccccc2cc1C(=O)N/N=C\c1ccc(OCC(=O)Nc2ccccc2)cc1. The molecule has 4 aromatic carbocycles. The maximum atomic E-state index is 12.6. The molecule has 0 saturated heterocycles. The molecule has 2 amide bonds. The van der Waals surface area contributed by atoms with Crippen LogP contribution in [0.4, 0.5) is 5.69 Å². The summed E-state index contributed by atoms with van der Waals surface area (Å²) in [6.07, 6.45) is 1.53. The van der Waals surface area contributed by atoms with Crippen molar-refractivity contribution >= 4 is 34.5 Å². The van der Waals surface area contributed by atoms with Crippen LogP contribution in [0.5, 0.6) is 11.5 Å². The molecule has 0 bridgehead atoms. The minimum absolute atomic E-state index is 0.105. The Morgan fingerprint density at radius 2 is 1.56 bits per heavy atom. The molecule has 0 unspecified atom stereocenters. The van der Waals surface area contributed by atoms with Gasteiger partial charge in [0.2, 0.25) is 0 Å². The number of hydrogen-bond acceptors (Lipinski definition) is 5. The van der Waals surface area contributed by atoms with Crippen LogP contribution in [0.2, 0.25) is 0 Å². The van der Waals surface area contributed by atoms with Crippen LogP contribution in [-0.4, -0.2) is 31.7 Å². The van der Waals surface area contributed by atoms with Crippen LogP contribution in [0.1, 0.15) is 15.9 Å². The van der Waals surface area contributed by atoms with Crippen molar-refractivity contribution in [2.24, 2.45) is 5.10 Å². The monoisotopic (exact) mass is 453 g/mol. The van der Waals surface area contributed by atoms with Gasteiger partial charge in [0.05, 0.1) is 18.9 Å². The maximum absolute atomic E-state index is 12.6. The summed E-state index contributed by atoms with van der Waals surface area (Å²) in [4.78, 5) is 24.6. The number of rotatable bonds is 8. The molecular weight excluding hydrogens is 430 g/mol. The number of carbonyl (C=O) groups is 2. The smallest absolute Gasteiger partial charge is 0.275 e. The number of anilines is 1. The van der Waals surface area contributed by atoms with E-state index >= 15 is 0 Å². The molecule has 0 aliphatic heterocycles. The Kier molecular flexibility index (Phi) is 7.15. The molecule has 0 radical (unpaired) electrons. The van der Waals surface area contributed by atoms with Gasteiger partial charge < -0.3 is 14.8 Å². The van der Waals surface area contributed by atoms with Gasteiger partial charge in [-0.2, -0.15) is 5.10 Å². The molecule has 0 atom stereocenters. The third-order valence-corrected chi connectivity index (χ3v) is 5.00. The Labute approximate surface area is 197 Å². The van der Waals surface area contributed by atoms with Crippen molar-refractivity contribution in [1.29, 1.82) is 0 Å². The molecule has 0 heterocycles. The van der Waals surface area contributed by atoms with E-state index in [1.54, 1.807) is 42.5 Å². The molecule has 0 aliphatic rings. The zero-order chi connectivity index (χ0) is 23.8. The van der Waals surface area contributed by atoms with E-state index in [4.69, 9.17) is 9.47 Å². The number of benzene rings is 4. The number of amides is 2.